The van der Waals surface area contributed by atoms with E-state index in [0.29, 0.717) is 5.82 Å². The van der Waals surface area contributed by atoms with Crippen LogP contribution in [0.1, 0.15) is 12.8 Å². The highest BCUT2D eigenvalue weighted by atomic mass is 35.5. The molecule has 1 aliphatic heterocycles. The van der Waals surface area contributed by atoms with Gasteiger partial charge in [0.1, 0.15) is 0 Å². The quantitative estimate of drug-likeness (QED) is 0.763. The predicted octanol–water partition coefficient (Wildman–Crippen LogP) is 0.130. The average molecular weight is 245 g/mol. The lowest BCUT2D eigenvalue weighted by atomic mass is 10.1. The number of nitrogens with zero attached hydrogens (tertiary/aromatic N) is 3. The molecule has 0 radical (unpaired) electrons. The van der Waals surface area contributed by atoms with Gasteiger partial charge in [-0.25, -0.2) is 4.98 Å². The van der Waals surface area contributed by atoms with E-state index >= 15 is 0 Å². The van der Waals surface area contributed by atoms with E-state index in [1.165, 1.54) is 0 Å². The molecule has 0 aliphatic carbocycles. The molecule has 90 valence electrons. The second kappa shape index (κ2) is 5.32. The van der Waals surface area contributed by atoms with Gasteiger partial charge in [0.15, 0.2) is 5.82 Å². The smallest absolute Gasteiger partial charge is 0.293 e. The molecule has 5 nitrogen and oxygen atoms in total. The molecule has 0 unspecified atom stereocenters. The molecule has 0 atom stereocenters. The van der Waals surface area contributed by atoms with E-state index < -0.39 is 0 Å². The van der Waals surface area contributed by atoms with Gasteiger partial charge in [-0.15, -0.1) is 12.4 Å². The lowest BCUT2D eigenvalue weighted by Crippen LogP contribution is -2.42. The zero-order valence-corrected chi connectivity index (χ0v) is 10.1. The molecule has 0 spiro atoms. The van der Waals surface area contributed by atoms with Gasteiger partial charge in [0.2, 0.25) is 0 Å². The first-order chi connectivity index (χ1) is 7.18. The molecule has 1 aliphatic rings. The highest BCUT2D eigenvalue weighted by molar-refractivity contribution is 5.85. The summed E-state index contributed by atoms with van der Waals surface area (Å²) in [6.45, 7) is 1.65. The minimum absolute atomic E-state index is 0. The lowest BCUT2D eigenvalue weighted by Gasteiger charge is -2.30. The van der Waals surface area contributed by atoms with Gasteiger partial charge in [0.25, 0.3) is 5.56 Å². The molecular weight excluding hydrogens is 228 g/mol. The van der Waals surface area contributed by atoms with Crippen molar-refractivity contribution in [2.24, 2.45) is 12.8 Å². The average Bonchev–Trinajstić information content (AvgIpc) is 2.24. The van der Waals surface area contributed by atoms with Gasteiger partial charge in [-0.05, 0) is 12.8 Å². The highest BCUT2D eigenvalue weighted by Crippen LogP contribution is 2.12. The molecular formula is C10H17ClN4O. The molecule has 1 saturated heterocycles. The number of piperidine rings is 1. The van der Waals surface area contributed by atoms with Crippen LogP contribution in [0.3, 0.4) is 0 Å². The maximum absolute atomic E-state index is 11.8. The third-order valence-electron chi connectivity index (χ3n) is 2.84. The molecule has 2 N–H and O–H groups in total. The number of aryl methyl sites for hydroxylation is 1. The normalized spacial score (nSPS) is 17.0. The van der Waals surface area contributed by atoms with E-state index in [2.05, 4.69) is 4.98 Å². The number of aromatic nitrogens is 2. The standard InChI is InChI=1S/C10H16N4O.ClH/c1-13-7-4-12-9(10(13)15)14-5-2-8(11)3-6-14;/h4,7-8H,2-3,5-6,11H2,1H3;1H. The van der Waals surface area contributed by atoms with Crippen LogP contribution < -0.4 is 16.2 Å². The van der Waals surface area contributed by atoms with Crippen molar-refractivity contribution in [3.8, 4) is 0 Å². The summed E-state index contributed by atoms with van der Waals surface area (Å²) < 4.78 is 1.55. The number of nitrogens with two attached hydrogens (primary N) is 1. The summed E-state index contributed by atoms with van der Waals surface area (Å²) in [5.74, 6) is 0.548. The summed E-state index contributed by atoms with van der Waals surface area (Å²) in [5.41, 5.74) is 5.78. The molecule has 0 bridgehead atoms. The highest BCUT2D eigenvalue weighted by Gasteiger charge is 2.19. The van der Waals surface area contributed by atoms with Crippen LogP contribution in [0, 0.1) is 0 Å². The summed E-state index contributed by atoms with van der Waals surface area (Å²) >= 11 is 0. The van der Waals surface area contributed by atoms with Crippen LogP contribution in [0.4, 0.5) is 5.82 Å². The molecule has 1 fully saturated rings. The van der Waals surface area contributed by atoms with Crippen LogP contribution in [0.25, 0.3) is 0 Å². The molecule has 2 heterocycles. The molecule has 6 heteroatoms. The fourth-order valence-corrected chi connectivity index (χ4v) is 1.81. The molecule has 0 saturated carbocycles. The van der Waals surface area contributed by atoms with Crippen molar-refractivity contribution in [3.05, 3.63) is 22.7 Å². The third kappa shape index (κ3) is 2.54. The SMILES string of the molecule is Cl.Cn1ccnc(N2CCC(N)CC2)c1=O. The van der Waals surface area contributed by atoms with E-state index in [1.54, 1.807) is 24.0 Å². The minimum Gasteiger partial charge on any atom is -0.352 e. The fourth-order valence-electron chi connectivity index (χ4n) is 1.81. The van der Waals surface area contributed by atoms with E-state index in [1.807, 2.05) is 4.90 Å². The van der Waals surface area contributed by atoms with Crippen LogP contribution in [0.2, 0.25) is 0 Å². The topological polar surface area (TPSA) is 64.2 Å². The van der Waals surface area contributed by atoms with Crippen LogP contribution in [-0.4, -0.2) is 28.7 Å². The molecule has 16 heavy (non-hydrogen) atoms. The van der Waals surface area contributed by atoms with E-state index in [-0.39, 0.29) is 24.0 Å². The Balaban J connectivity index is 0.00000128. The van der Waals surface area contributed by atoms with Gasteiger partial charge in [0, 0.05) is 38.6 Å². The molecule has 1 aromatic heterocycles. The summed E-state index contributed by atoms with van der Waals surface area (Å²) in [7, 11) is 1.74. The molecule has 0 aromatic carbocycles. The maximum Gasteiger partial charge on any atom is 0.293 e. The van der Waals surface area contributed by atoms with Crippen LogP contribution in [-0.2, 0) is 7.05 Å². The zero-order valence-electron chi connectivity index (χ0n) is 9.30. The predicted molar refractivity (Wildman–Crippen MR) is 66.1 cm³/mol. The summed E-state index contributed by atoms with van der Waals surface area (Å²) in [6, 6.07) is 0.272. The monoisotopic (exact) mass is 244 g/mol. The fraction of sp³-hybridized carbons (Fsp3) is 0.600. The van der Waals surface area contributed by atoms with E-state index in [9.17, 15) is 4.79 Å². The van der Waals surface area contributed by atoms with Crippen molar-refractivity contribution in [3.63, 3.8) is 0 Å². The maximum atomic E-state index is 11.8. The first-order valence-corrected chi connectivity index (χ1v) is 5.20. The molecule has 1 aromatic rings. The van der Waals surface area contributed by atoms with Gasteiger partial charge in [-0.3, -0.25) is 4.79 Å². The van der Waals surface area contributed by atoms with E-state index in [4.69, 9.17) is 5.73 Å². The third-order valence-corrected chi connectivity index (χ3v) is 2.84. The van der Waals surface area contributed by atoms with Crippen LogP contribution >= 0.6 is 12.4 Å². The number of halogens is 1. The number of rotatable bonds is 1. The van der Waals surface area contributed by atoms with Crippen molar-refractivity contribution >= 4 is 18.2 Å². The lowest BCUT2D eigenvalue weighted by molar-refractivity contribution is 0.496. The van der Waals surface area contributed by atoms with Gasteiger partial charge < -0.3 is 15.2 Å². The summed E-state index contributed by atoms with van der Waals surface area (Å²) in [4.78, 5) is 17.9. The Hall–Kier alpha value is -1.07. The Kier molecular flexibility index (Phi) is 4.32. The van der Waals surface area contributed by atoms with Crippen LogP contribution in [0.15, 0.2) is 17.2 Å². The van der Waals surface area contributed by atoms with Crippen molar-refractivity contribution in [1.29, 1.82) is 0 Å². The minimum atomic E-state index is -0.0343. The number of hydrogen-bond acceptors (Lipinski definition) is 4. The Morgan fingerprint density at radius 3 is 2.69 bits per heavy atom. The van der Waals surface area contributed by atoms with Crippen molar-refractivity contribution in [2.75, 3.05) is 18.0 Å². The first kappa shape index (κ1) is 13.0. The van der Waals surface area contributed by atoms with Crippen molar-refractivity contribution < 1.29 is 0 Å². The van der Waals surface area contributed by atoms with Gasteiger partial charge in [-0.2, -0.15) is 0 Å². The zero-order chi connectivity index (χ0) is 10.8. The Morgan fingerprint density at radius 1 is 1.44 bits per heavy atom. The molecule has 0 amide bonds. The first-order valence-electron chi connectivity index (χ1n) is 5.20. The van der Waals surface area contributed by atoms with E-state index in [0.717, 1.165) is 25.9 Å². The van der Waals surface area contributed by atoms with Crippen molar-refractivity contribution in [2.45, 2.75) is 18.9 Å². The van der Waals surface area contributed by atoms with Gasteiger partial charge in [-0.1, -0.05) is 0 Å². The molecule has 2 rings (SSSR count). The Bertz CT molecular complexity index is 398. The Morgan fingerprint density at radius 2 is 2.06 bits per heavy atom. The largest absolute Gasteiger partial charge is 0.352 e. The summed E-state index contributed by atoms with van der Waals surface area (Å²) in [6.07, 6.45) is 5.19. The van der Waals surface area contributed by atoms with Crippen LogP contribution in [0.5, 0.6) is 0 Å². The van der Waals surface area contributed by atoms with Gasteiger partial charge >= 0.3 is 0 Å². The van der Waals surface area contributed by atoms with Gasteiger partial charge in [0.05, 0.1) is 0 Å². The summed E-state index contributed by atoms with van der Waals surface area (Å²) in [5, 5.41) is 0. The number of hydrogen-bond donors (Lipinski definition) is 1. The Labute approximate surface area is 101 Å². The second-order valence-electron chi connectivity index (χ2n) is 3.99. The second-order valence-corrected chi connectivity index (χ2v) is 3.99. The number of anilines is 1. The van der Waals surface area contributed by atoms with Crippen molar-refractivity contribution in [1.82, 2.24) is 9.55 Å².